The number of amides is 3. The Morgan fingerprint density at radius 3 is 2.19 bits per heavy atom. The zero-order valence-corrected chi connectivity index (χ0v) is 18.0. The molecule has 3 amide bonds. The van der Waals surface area contributed by atoms with Crippen LogP contribution in [0.15, 0.2) is 77.7 Å². The highest BCUT2D eigenvalue weighted by molar-refractivity contribution is 8.00. The fraction of sp³-hybridized carbons (Fsp3) is 0.0870. The van der Waals surface area contributed by atoms with Crippen LogP contribution in [0.3, 0.4) is 0 Å². The van der Waals surface area contributed by atoms with Crippen molar-refractivity contribution in [3.05, 3.63) is 88.9 Å². The third-order valence-corrected chi connectivity index (χ3v) is 5.52. The maximum absolute atomic E-state index is 12.2. The number of primary amides is 1. The molecule has 0 aliphatic carbocycles. The molecular weight excluding hydrogens is 434 g/mol. The normalized spacial score (nSPS) is 10.4. The first-order valence-corrected chi connectivity index (χ1v) is 10.7. The van der Waals surface area contributed by atoms with E-state index in [0.717, 1.165) is 10.5 Å². The molecule has 8 heteroatoms. The van der Waals surface area contributed by atoms with E-state index in [4.69, 9.17) is 17.3 Å². The van der Waals surface area contributed by atoms with Gasteiger partial charge in [-0.25, -0.2) is 0 Å². The van der Waals surface area contributed by atoms with E-state index < -0.39 is 5.91 Å². The van der Waals surface area contributed by atoms with Gasteiger partial charge in [-0.3, -0.25) is 14.4 Å². The molecular formula is C23H20ClN3O3S. The second kappa shape index (κ2) is 10.7. The van der Waals surface area contributed by atoms with Gasteiger partial charge in [0.2, 0.25) is 11.8 Å². The van der Waals surface area contributed by atoms with Gasteiger partial charge in [-0.1, -0.05) is 35.9 Å². The minimum atomic E-state index is -0.600. The van der Waals surface area contributed by atoms with Gasteiger partial charge in [-0.2, -0.15) is 0 Å². The largest absolute Gasteiger partial charge is 0.366 e. The maximum Gasteiger partial charge on any atom is 0.250 e. The summed E-state index contributed by atoms with van der Waals surface area (Å²) in [6.45, 7) is 0. The molecule has 0 atom stereocenters. The topological polar surface area (TPSA) is 101 Å². The van der Waals surface area contributed by atoms with Gasteiger partial charge in [0.05, 0.1) is 23.4 Å². The number of nitrogens with one attached hydrogen (secondary N) is 2. The Balaban J connectivity index is 1.49. The molecule has 0 aliphatic heterocycles. The van der Waals surface area contributed by atoms with E-state index >= 15 is 0 Å². The van der Waals surface area contributed by atoms with E-state index in [1.165, 1.54) is 11.8 Å². The Kier molecular flexibility index (Phi) is 7.70. The Bertz CT molecular complexity index is 1090. The molecule has 3 aromatic rings. The molecule has 158 valence electrons. The Labute approximate surface area is 189 Å². The fourth-order valence-electron chi connectivity index (χ4n) is 2.77. The minimum absolute atomic E-state index is 0.129. The number of hydrogen-bond donors (Lipinski definition) is 3. The first-order valence-electron chi connectivity index (χ1n) is 9.36. The van der Waals surface area contributed by atoms with Crippen molar-refractivity contribution in [2.75, 3.05) is 16.4 Å². The average molecular weight is 454 g/mol. The van der Waals surface area contributed by atoms with Gasteiger partial charge < -0.3 is 16.4 Å². The number of carbonyl (C=O) groups is 3. The predicted molar refractivity (Wildman–Crippen MR) is 125 cm³/mol. The number of nitrogens with two attached hydrogens (primary N) is 1. The first-order chi connectivity index (χ1) is 14.9. The Hall–Kier alpha value is -3.29. The van der Waals surface area contributed by atoms with Crippen molar-refractivity contribution in [2.24, 2.45) is 5.73 Å². The summed E-state index contributed by atoms with van der Waals surface area (Å²) in [5, 5.41) is 6.17. The van der Waals surface area contributed by atoms with Gasteiger partial charge >= 0.3 is 0 Å². The lowest BCUT2D eigenvalue weighted by molar-refractivity contribution is -0.115. The van der Waals surface area contributed by atoms with Crippen molar-refractivity contribution in [1.82, 2.24) is 0 Å². The van der Waals surface area contributed by atoms with Gasteiger partial charge in [-0.05, 0) is 54.1 Å². The third kappa shape index (κ3) is 6.87. The Morgan fingerprint density at radius 1 is 0.839 bits per heavy atom. The lowest BCUT2D eigenvalue weighted by Crippen LogP contribution is -2.19. The van der Waals surface area contributed by atoms with Crippen molar-refractivity contribution in [3.63, 3.8) is 0 Å². The van der Waals surface area contributed by atoms with Gasteiger partial charge in [0.1, 0.15) is 0 Å². The van der Waals surface area contributed by atoms with Gasteiger partial charge in [0, 0.05) is 15.6 Å². The van der Waals surface area contributed by atoms with Crippen molar-refractivity contribution < 1.29 is 14.4 Å². The number of para-hydroxylation sites is 1. The number of benzene rings is 3. The SMILES string of the molecule is NC(=O)c1ccccc1NC(=O)CSc1ccc(NC(=O)Cc2ccc(Cl)cc2)cc1. The number of halogens is 1. The van der Waals surface area contributed by atoms with E-state index in [0.29, 0.717) is 16.4 Å². The van der Waals surface area contributed by atoms with E-state index in [1.807, 2.05) is 24.3 Å². The molecule has 6 nitrogen and oxygen atoms in total. The molecule has 3 rings (SSSR count). The summed E-state index contributed by atoms with van der Waals surface area (Å²) in [4.78, 5) is 36.7. The monoisotopic (exact) mass is 453 g/mol. The van der Waals surface area contributed by atoms with E-state index in [1.54, 1.807) is 48.5 Å². The summed E-state index contributed by atoms with van der Waals surface area (Å²) in [5.74, 6) is -0.818. The van der Waals surface area contributed by atoms with E-state index in [-0.39, 0.29) is 29.6 Å². The van der Waals surface area contributed by atoms with Crippen LogP contribution < -0.4 is 16.4 Å². The van der Waals surface area contributed by atoms with Crippen molar-refractivity contribution in [2.45, 2.75) is 11.3 Å². The number of hydrogen-bond acceptors (Lipinski definition) is 4. The van der Waals surface area contributed by atoms with Crippen LogP contribution in [0.5, 0.6) is 0 Å². The minimum Gasteiger partial charge on any atom is -0.366 e. The Morgan fingerprint density at radius 2 is 1.52 bits per heavy atom. The quantitative estimate of drug-likeness (QED) is 0.441. The number of thioether (sulfide) groups is 1. The van der Waals surface area contributed by atoms with Gasteiger partial charge in [-0.15, -0.1) is 11.8 Å². The fourth-order valence-corrected chi connectivity index (χ4v) is 3.59. The number of anilines is 2. The third-order valence-electron chi connectivity index (χ3n) is 4.25. The summed E-state index contributed by atoms with van der Waals surface area (Å²) in [6.07, 6.45) is 0.251. The lowest BCUT2D eigenvalue weighted by atomic mass is 10.1. The molecule has 0 aliphatic rings. The zero-order chi connectivity index (χ0) is 22.2. The number of rotatable bonds is 8. The second-order valence-electron chi connectivity index (χ2n) is 6.62. The zero-order valence-electron chi connectivity index (χ0n) is 16.4. The van der Waals surface area contributed by atoms with Gasteiger partial charge in [0.15, 0.2) is 0 Å². The van der Waals surface area contributed by atoms with Crippen molar-refractivity contribution >= 4 is 52.5 Å². The molecule has 0 bridgehead atoms. The number of carbonyl (C=O) groups excluding carboxylic acids is 3. The molecule has 0 spiro atoms. The molecule has 0 heterocycles. The van der Waals surface area contributed by atoms with E-state index in [9.17, 15) is 14.4 Å². The molecule has 0 unspecified atom stereocenters. The summed E-state index contributed by atoms with van der Waals surface area (Å²) >= 11 is 7.19. The summed E-state index contributed by atoms with van der Waals surface area (Å²) < 4.78 is 0. The van der Waals surface area contributed by atoms with Crippen LogP contribution in [-0.2, 0) is 16.0 Å². The molecule has 0 saturated heterocycles. The standard InChI is InChI=1S/C23H20ClN3O3S/c24-16-7-5-15(6-8-16)13-21(28)26-17-9-11-18(12-10-17)31-14-22(29)27-20-4-2-1-3-19(20)23(25)30/h1-12H,13-14H2,(H2,25,30)(H,26,28)(H,27,29). The molecule has 4 N–H and O–H groups in total. The van der Waals surface area contributed by atoms with Gasteiger partial charge in [0.25, 0.3) is 5.91 Å². The molecule has 31 heavy (non-hydrogen) atoms. The highest BCUT2D eigenvalue weighted by atomic mass is 35.5. The van der Waals surface area contributed by atoms with E-state index in [2.05, 4.69) is 10.6 Å². The highest BCUT2D eigenvalue weighted by Gasteiger charge is 2.11. The lowest BCUT2D eigenvalue weighted by Gasteiger charge is -2.09. The van der Waals surface area contributed by atoms with Crippen LogP contribution >= 0.6 is 23.4 Å². The summed E-state index contributed by atoms with van der Waals surface area (Å²) in [6, 6.07) is 20.9. The molecule has 0 radical (unpaired) electrons. The second-order valence-corrected chi connectivity index (χ2v) is 8.11. The van der Waals surface area contributed by atoms with Crippen LogP contribution in [0.2, 0.25) is 5.02 Å². The van der Waals surface area contributed by atoms with Crippen LogP contribution in [0, 0.1) is 0 Å². The van der Waals surface area contributed by atoms with Crippen LogP contribution in [0.4, 0.5) is 11.4 Å². The smallest absolute Gasteiger partial charge is 0.250 e. The van der Waals surface area contributed by atoms with Crippen molar-refractivity contribution in [3.8, 4) is 0 Å². The first kappa shape index (κ1) is 22.4. The molecule has 3 aromatic carbocycles. The predicted octanol–water partition coefficient (Wildman–Crippen LogP) is 4.35. The van der Waals surface area contributed by atoms with Crippen LogP contribution in [-0.4, -0.2) is 23.5 Å². The highest BCUT2D eigenvalue weighted by Crippen LogP contribution is 2.22. The van der Waals surface area contributed by atoms with Crippen LogP contribution in [0.1, 0.15) is 15.9 Å². The van der Waals surface area contributed by atoms with Crippen molar-refractivity contribution in [1.29, 1.82) is 0 Å². The average Bonchev–Trinajstić information content (AvgIpc) is 2.75. The maximum atomic E-state index is 12.2. The molecule has 0 aromatic heterocycles. The summed E-state index contributed by atoms with van der Waals surface area (Å²) in [5.41, 5.74) is 7.52. The van der Waals surface area contributed by atoms with Crippen LogP contribution in [0.25, 0.3) is 0 Å². The summed E-state index contributed by atoms with van der Waals surface area (Å²) in [7, 11) is 0. The molecule has 0 saturated carbocycles. The molecule has 0 fully saturated rings.